The standard InChI is InChI=1S/C11H13N3O2/c1-14(7-3-6-12)9-5-2-4-8(10(9)13)11(15)16/h2,4-5H,3,7,13H2,1H3,(H,15,16). The molecule has 0 unspecified atom stereocenters. The number of para-hydroxylation sites is 1. The van der Waals surface area contributed by atoms with Crippen molar-refractivity contribution in [2.45, 2.75) is 6.42 Å². The maximum Gasteiger partial charge on any atom is 0.337 e. The molecule has 0 fully saturated rings. The highest BCUT2D eigenvalue weighted by Gasteiger charge is 2.13. The van der Waals surface area contributed by atoms with Gasteiger partial charge in [0.05, 0.1) is 29.4 Å². The molecule has 0 aromatic heterocycles. The molecule has 16 heavy (non-hydrogen) atoms. The van der Waals surface area contributed by atoms with Gasteiger partial charge in [-0.05, 0) is 12.1 Å². The number of carboxylic acid groups (broad SMARTS) is 1. The molecule has 0 aliphatic rings. The molecule has 1 aromatic rings. The molecular weight excluding hydrogens is 206 g/mol. The highest BCUT2D eigenvalue weighted by molar-refractivity contribution is 5.97. The van der Waals surface area contributed by atoms with E-state index in [9.17, 15) is 4.79 Å². The lowest BCUT2D eigenvalue weighted by atomic mass is 10.1. The molecule has 84 valence electrons. The first kappa shape index (κ1) is 11.9. The van der Waals surface area contributed by atoms with Crippen LogP contribution in [0.3, 0.4) is 0 Å². The number of rotatable bonds is 4. The summed E-state index contributed by atoms with van der Waals surface area (Å²) in [6.45, 7) is 0.518. The maximum absolute atomic E-state index is 10.9. The van der Waals surface area contributed by atoms with Crippen molar-refractivity contribution in [3.05, 3.63) is 23.8 Å². The second-order valence-electron chi connectivity index (χ2n) is 3.37. The topological polar surface area (TPSA) is 90.3 Å². The van der Waals surface area contributed by atoms with E-state index in [1.807, 2.05) is 6.07 Å². The summed E-state index contributed by atoms with van der Waals surface area (Å²) in [5, 5.41) is 17.4. The number of nitrogens with zero attached hydrogens (tertiary/aromatic N) is 2. The Morgan fingerprint density at radius 2 is 2.31 bits per heavy atom. The molecule has 0 radical (unpaired) electrons. The Hall–Kier alpha value is -2.22. The lowest BCUT2D eigenvalue weighted by Gasteiger charge is -2.20. The molecule has 0 saturated carbocycles. The molecule has 0 aliphatic carbocycles. The van der Waals surface area contributed by atoms with Crippen molar-refractivity contribution in [3.8, 4) is 6.07 Å². The first-order chi connectivity index (χ1) is 7.57. The van der Waals surface area contributed by atoms with E-state index in [-0.39, 0.29) is 11.3 Å². The van der Waals surface area contributed by atoms with Crippen LogP contribution in [0, 0.1) is 11.3 Å². The molecule has 0 amide bonds. The van der Waals surface area contributed by atoms with Crippen LogP contribution in [0.4, 0.5) is 11.4 Å². The first-order valence-corrected chi connectivity index (χ1v) is 4.77. The maximum atomic E-state index is 10.9. The van der Waals surface area contributed by atoms with Crippen LogP contribution in [0.2, 0.25) is 0 Å². The zero-order chi connectivity index (χ0) is 12.1. The molecular formula is C11H13N3O2. The number of benzene rings is 1. The van der Waals surface area contributed by atoms with E-state index >= 15 is 0 Å². The molecule has 1 rings (SSSR count). The van der Waals surface area contributed by atoms with Crippen molar-refractivity contribution in [1.29, 1.82) is 5.26 Å². The number of nitriles is 1. The van der Waals surface area contributed by atoms with E-state index in [4.69, 9.17) is 16.1 Å². The van der Waals surface area contributed by atoms with Crippen molar-refractivity contribution in [2.75, 3.05) is 24.2 Å². The van der Waals surface area contributed by atoms with E-state index in [1.165, 1.54) is 6.07 Å². The average Bonchev–Trinajstić information content (AvgIpc) is 2.25. The van der Waals surface area contributed by atoms with Gasteiger partial charge in [-0.3, -0.25) is 0 Å². The second-order valence-corrected chi connectivity index (χ2v) is 3.37. The summed E-state index contributed by atoms with van der Waals surface area (Å²) in [5.41, 5.74) is 6.70. The van der Waals surface area contributed by atoms with E-state index in [1.54, 1.807) is 24.1 Å². The van der Waals surface area contributed by atoms with Crippen LogP contribution in [0.5, 0.6) is 0 Å². The number of hydrogen-bond donors (Lipinski definition) is 2. The van der Waals surface area contributed by atoms with Crippen molar-refractivity contribution in [2.24, 2.45) is 0 Å². The van der Waals surface area contributed by atoms with Gasteiger partial charge in [-0.1, -0.05) is 6.07 Å². The van der Waals surface area contributed by atoms with Gasteiger partial charge in [0.15, 0.2) is 0 Å². The second kappa shape index (κ2) is 5.03. The number of anilines is 2. The minimum atomic E-state index is -1.05. The quantitative estimate of drug-likeness (QED) is 0.745. The van der Waals surface area contributed by atoms with Crippen molar-refractivity contribution < 1.29 is 9.90 Å². The number of aromatic carboxylic acids is 1. The van der Waals surface area contributed by atoms with Crippen LogP contribution < -0.4 is 10.6 Å². The number of hydrogen-bond acceptors (Lipinski definition) is 4. The van der Waals surface area contributed by atoms with E-state index in [2.05, 4.69) is 0 Å². The van der Waals surface area contributed by atoms with Crippen LogP contribution in [-0.2, 0) is 0 Å². The molecule has 0 heterocycles. The van der Waals surface area contributed by atoms with Crippen LogP contribution in [0.15, 0.2) is 18.2 Å². The Bertz CT molecular complexity index is 437. The van der Waals surface area contributed by atoms with Crippen molar-refractivity contribution in [1.82, 2.24) is 0 Å². The summed E-state index contributed by atoms with van der Waals surface area (Å²) in [4.78, 5) is 12.6. The fourth-order valence-corrected chi connectivity index (χ4v) is 1.41. The molecule has 3 N–H and O–H groups in total. The Kier molecular flexibility index (Phi) is 3.72. The van der Waals surface area contributed by atoms with Gasteiger partial charge in [0.1, 0.15) is 0 Å². The predicted molar refractivity (Wildman–Crippen MR) is 61.3 cm³/mol. The molecule has 0 bridgehead atoms. The highest BCUT2D eigenvalue weighted by Crippen LogP contribution is 2.25. The number of carbonyl (C=O) groups is 1. The van der Waals surface area contributed by atoms with Gasteiger partial charge in [0.2, 0.25) is 0 Å². The van der Waals surface area contributed by atoms with Crippen LogP contribution >= 0.6 is 0 Å². The predicted octanol–water partition coefficient (Wildman–Crippen LogP) is 1.32. The molecule has 0 spiro atoms. The molecule has 0 saturated heterocycles. The normalized spacial score (nSPS) is 9.50. The van der Waals surface area contributed by atoms with Gasteiger partial charge in [0.25, 0.3) is 0 Å². The van der Waals surface area contributed by atoms with Gasteiger partial charge in [-0.15, -0.1) is 0 Å². The molecule has 0 aliphatic heterocycles. The van der Waals surface area contributed by atoms with Crippen LogP contribution in [0.1, 0.15) is 16.8 Å². The van der Waals surface area contributed by atoms with Crippen LogP contribution in [-0.4, -0.2) is 24.7 Å². The molecule has 0 atom stereocenters. The summed E-state index contributed by atoms with van der Waals surface area (Å²) in [7, 11) is 1.77. The summed E-state index contributed by atoms with van der Waals surface area (Å²) < 4.78 is 0. The largest absolute Gasteiger partial charge is 0.478 e. The first-order valence-electron chi connectivity index (χ1n) is 4.77. The Labute approximate surface area is 93.7 Å². The Morgan fingerprint density at radius 3 is 2.88 bits per heavy atom. The minimum absolute atomic E-state index is 0.0845. The highest BCUT2D eigenvalue weighted by atomic mass is 16.4. The van der Waals surface area contributed by atoms with Crippen molar-refractivity contribution in [3.63, 3.8) is 0 Å². The smallest absolute Gasteiger partial charge is 0.337 e. The third-order valence-corrected chi connectivity index (χ3v) is 2.28. The Morgan fingerprint density at radius 1 is 1.62 bits per heavy atom. The van der Waals surface area contributed by atoms with Gasteiger partial charge < -0.3 is 15.7 Å². The monoisotopic (exact) mass is 219 g/mol. The van der Waals surface area contributed by atoms with E-state index in [0.717, 1.165) is 0 Å². The van der Waals surface area contributed by atoms with Gasteiger partial charge >= 0.3 is 5.97 Å². The molecule has 1 aromatic carbocycles. The zero-order valence-corrected chi connectivity index (χ0v) is 8.97. The van der Waals surface area contributed by atoms with Gasteiger partial charge in [-0.2, -0.15) is 5.26 Å². The summed E-state index contributed by atoms with van der Waals surface area (Å²) in [6.07, 6.45) is 0.368. The third kappa shape index (κ3) is 2.42. The summed E-state index contributed by atoms with van der Waals surface area (Å²) in [6, 6.07) is 6.86. The fraction of sp³-hybridized carbons (Fsp3) is 0.273. The number of nitrogens with two attached hydrogens (primary N) is 1. The lowest BCUT2D eigenvalue weighted by molar-refractivity contribution is 0.0698. The minimum Gasteiger partial charge on any atom is -0.478 e. The number of carboxylic acids is 1. The Balaban J connectivity index is 3.01. The fourth-order valence-electron chi connectivity index (χ4n) is 1.41. The van der Waals surface area contributed by atoms with Crippen molar-refractivity contribution >= 4 is 17.3 Å². The lowest BCUT2D eigenvalue weighted by Crippen LogP contribution is -2.20. The van der Waals surface area contributed by atoms with Gasteiger partial charge in [0, 0.05) is 13.6 Å². The van der Waals surface area contributed by atoms with E-state index in [0.29, 0.717) is 18.7 Å². The van der Waals surface area contributed by atoms with Crippen LogP contribution in [0.25, 0.3) is 0 Å². The zero-order valence-electron chi connectivity index (χ0n) is 8.97. The third-order valence-electron chi connectivity index (χ3n) is 2.28. The SMILES string of the molecule is CN(CCC#N)c1cccc(C(=O)O)c1N. The van der Waals surface area contributed by atoms with Gasteiger partial charge in [-0.25, -0.2) is 4.79 Å². The summed E-state index contributed by atoms with van der Waals surface area (Å²) in [5.74, 6) is -1.05. The van der Waals surface area contributed by atoms with E-state index < -0.39 is 5.97 Å². The molecule has 5 nitrogen and oxygen atoms in total. The number of nitrogen functional groups attached to an aromatic ring is 1. The molecule has 5 heteroatoms. The average molecular weight is 219 g/mol. The summed E-state index contributed by atoms with van der Waals surface area (Å²) >= 11 is 0.